The average molecular weight is 230 g/mol. The van der Waals surface area contributed by atoms with Gasteiger partial charge in [-0.15, -0.1) is 12.6 Å². The standard InChI is InChI=1S/C12H22S2/c1-6-10(4)12(13)8-14-7-11(5)9(2)3/h13H,6-8H2,1-5H3/b12-10+. The summed E-state index contributed by atoms with van der Waals surface area (Å²) in [5.41, 5.74) is 4.34. The maximum absolute atomic E-state index is 4.50. The predicted molar refractivity (Wildman–Crippen MR) is 73.4 cm³/mol. The first-order valence-electron chi connectivity index (χ1n) is 5.07. The lowest BCUT2D eigenvalue weighted by Crippen LogP contribution is -1.89. The number of hydrogen-bond acceptors (Lipinski definition) is 2. The second kappa shape index (κ2) is 7.47. The summed E-state index contributed by atoms with van der Waals surface area (Å²) < 4.78 is 0. The van der Waals surface area contributed by atoms with Crippen molar-refractivity contribution < 1.29 is 0 Å². The lowest BCUT2D eigenvalue weighted by molar-refractivity contribution is 1.09. The molecule has 0 aromatic rings. The lowest BCUT2D eigenvalue weighted by Gasteiger charge is -2.06. The molecule has 0 atom stereocenters. The van der Waals surface area contributed by atoms with Crippen LogP contribution in [0.3, 0.4) is 0 Å². The molecule has 0 radical (unpaired) electrons. The van der Waals surface area contributed by atoms with Gasteiger partial charge in [-0.3, -0.25) is 0 Å². The topological polar surface area (TPSA) is 0 Å². The number of allylic oxidation sites excluding steroid dienone is 2. The first kappa shape index (κ1) is 14.2. The highest BCUT2D eigenvalue weighted by atomic mass is 32.2. The van der Waals surface area contributed by atoms with Gasteiger partial charge in [0.25, 0.3) is 0 Å². The summed E-state index contributed by atoms with van der Waals surface area (Å²) in [5, 5.41) is 0. The Kier molecular flexibility index (Phi) is 7.56. The van der Waals surface area contributed by atoms with Crippen molar-refractivity contribution in [1.82, 2.24) is 0 Å². The van der Waals surface area contributed by atoms with Crippen molar-refractivity contribution in [2.45, 2.75) is 41.0 Å². The molecule has 14 heavy (non-hydrogen) atoms. The highest BCUT2D eigenvalue weighted by Gasteiger charge is 1.98. The van der Waals surface area contributed by atoms with Crippen LogP contribution in [0.1, 0.15) is 41.0 Å². The predicted octanol–water partition coefficient (Wildman–Crippen LogP) is 4.69. The summed E-state index contributed by atoms with van der Waals surface area (Å²) in [4.78, 5) is 1.25. The van der Waals surface area contributed by atoms with E-state index in [-0.39, 0.29) is 0 Å². The molecule has 0 aromatic heterocycles. The molecule has 2 heteroatoms. The van der Waals surface area contributed by atoms with Gasteiger partial charge < -0.3 is 0 Å². The molecule has 0 aromatic carbocycles. The van der Waals surface area contributed by atoms with Crippen LogP contribution in [-0.2, 0) is 0 Å². The third-order valence-corrected chi connectivity index (χ3v) is 4.32. The van der Waals surface area contributed by atoms with Gasteiger partial charge in [0.05, 0.1) is 0 Å². The second-order valence-corrected chi connectivity index (χ2v) is 5.38. The van der Waals surface area contributed by atoms with Gasteiger partial charge >= 0.3 is 0 Å². The largest absolute Gasteiger partial charge is 0.152 e. The van der Waals surface area contributed by atoms with Crippen LogP contribution < -0.4 is 0 Å². The third kappa shape index (κ3) is 5.82. The van der Waals surface area contributed by atoms with E-state index in [2.05, 4.69) is 47.2 Å². The van der Waals surface area contributed by atoms with Gasteiger partial charge in [0.2, 0.25) is 0 Å². The Morgan fingerprint density at radius 2 is 1.57 bits per heavy atom. The van der Waals surface area contributed by atoms with E-state index in [1.54, 1.807) is 0 Å². The molecule has 0 aliphatic heterocycles. The molecule has 0 rings (SSSR count). The van der Waals surface area contributed by atoms with Crippen LogP contribution in [0.5, 0.6) is 0 Å². The van der Waals surface area contributed by atoms with E-state index in [1.807, 2.05) is 11.8 Å². The molecule has 0 saturated heterocycles. The molecule has 0 N–H and O–H groups in total. The minimum absolute atomic E-state index is 1.05. The van der Waals surface area contributed by atoms with E-state index in [9.17, 15) is 0 Å². The van der Waals surface area contributed by atoms with Gasteiger partial charge in [-0.2, -0.15) is 11.8 Å². The number of rotatable bonds is 5. The monoisotopic (exact) mass is 230 g/mol. The summed E-state index contributed by atoms with van der Waals surface area (Å²) in [6.45, 7) is 10.9. The smallest absolute Gasteiger partial charge is 0.0244 e. The van der Waals surface area contributed by atoms with Crippen molar-refractivity contribution in [1.29, 1.82) is 0 Å². The zero-order valence-corrected chi connectivity index (χ0v) is 11.7. The van der Waals surface area contributed by atoms with Crippen LogP contribution >= 0.6 is 24.4 Å². The molecular formula is C12H22S2. The van der Waals surface area contributed by atoms with Crippen molar-refractivity contribution in [2.24, 2.45) is 0 Å². The zero-order valence-electron chi connectivity index (χ0n) is 9.98. The Bertz CT molecular complexity index is 233. The fourth-order valence-electron chi connectivity index (χ4n) is 0.772. The number of hydrogen-bond donors (Lipinski definition) is 1. The van der Waals surface area contributed by atoms with E-state index >= 15 is 0 Å². The van der Waals surface area contributed by atoms with Crippen LogP contribution in [0.4, 0.5) is 0 Å². The van der Waals surface area contributed by atoms with Crippen molar-refractivity contribution in [3.8, 4) is 0 Å². The minimum atomic E-state index is 1.05. The van der Waals surface area contributed by atoms with Crippen LogP contribution in [-0.4, -0.2) is 11.5 Å². The summed E-state index contributed by atoms with van der Waals surface area (Å²) >= 11 is 6.45. The van der Waals surface area contributed by atoms with Gasteiger partial charge in [0.1, 0.15) is 0 Å². The zero-order chi connectivity index (χ0) is 11.1. The molecule has 0 unspecified atom stereocenters. The van der Waals surface area contributed by atoms with Crippen LogP contribution in [0.25, 0.3) is 0 Å². The Morgan fingerprint density at radius 3 is 2.00 bits per heavy atom. The van der Waals surface area contributed by atoms with Crippen molar-refractivity contribution in [3.05, 3.63) is 21.6 Å². The number of thioether (sulfide) groups is 1. The molecule has 0 heterocycles. The van der Waals surface area contributed by atoms with E-state index in [1.165, 1.54) is 21.6 Å². The molecular weight excluding hydrogens is 208 g/mol. The third-order valence-electron chi connectivity index (χ3n) is 2.43. The van der Waals surface area contributed by atoms with Crippen molar-refractivity contribution in [3.63, 3.8) is 0 Å². The Hall–Kier alpha value is 0.180. The van der Waals surface area contributed by atoms with Gasteiger partial charge in [0.15, 0.2) is 0 Å². The van der Waals surface area contributed by atoms with Crippen molar-refractivity contribution in [2.75, 3.05) is 11.5 Å². The van der Waals surface area contributed by atoms with Crippen LogP contribution in [0.2, 0.25) is 0 Å². The van der Waals surface area contributed by atoms with E-state index < -0.39 is 0 Å². The summed E-state index contributed by atoms with van der Waals surface area (Å²) in [7, 11) is 0. The molecule has 0 aliphatic carbocycles. The quantitative estimate of drug-likeness (QED) is 0.528. The SMILES string of the molecule is CC/C(C)=C(/S)CSCC(C)=C(C)C. The molecule has 0 aliphatic rings. The van der Waals surface area contributed by atoms with Gasteiger partial charge in [-0.1, -0.05) is 23.6 Å². The summed E-state index contributed by atoms with van der Waals surface area (Å²) in [6, 6.07) is 0. The van der Waals surface area contributed by atoms with Crippen LogP contribution in [0, 0.1) is 0 Å². The van der Waals surface area contributed by atoms with E-state index in [0.717, 1.165) is 17.9 Å². The first-order chi connectivity index (χ1) is 6.49. The number of thiol groups is 1. The Labute approximate surface area is 98.7 Å². The molecule has 0 bridgehead atoms. The van der Waals surface area contributed by atoms with Crippen molar-refractivity contribution >= 4 is 24.4 Å². The molecule has 0 fully saturated rings. The van der Waals surface area contributed by atoms with E-state index in [4.69, 9.17) is 0 Å². The second-order valence-electron chi connectivity index (χ2n) is 3.85. The maximum atomic E-state index is 4.50. The molecule has 0 nitrogen and oxygen atoms in total. The fraction of sp³-hybridized carbons (Fsp3) is 0.667. The van der Waals surface area contributed by atoms with Gasteiger partial charge in [-0.25, -0.2) is 0 Å². The highest BCUT2D eigenvalue weighted by Crippen LogP contribution is 2.19. The Morgan fingerprint density at radius 1 is 1.00 bits per heavy atom. The van der Waals surface area contributed by atoms with Crippen LogP contribution in [0.15, 0.2) is 21.6 Å². The summed E-state index contributed by atoms with van der Waals surface area (Å²) in [6.07, 6.45) is 1.11. The van der Waals surface area contributed by atoms with E-state index in [0.29, 0.717) is 0 Å². The molecule has 0 amide bonds. The first-order valence-corrected chi connectivity index (χ1v) is 6.67. The molecule has 0 saturated carbocycles. The maximum Gasteiger partial charge on any atom is 0.0244 e. The fourth-order valence-corrected chi connectivity index (χ4v) is 2.34. The average Bonchev–Trinajstić information content (AvgIpc) is 2.15. The normalized spacial score (nSPS) is 12.4. The minimum Gasteiger partial charge on any atom is -0.152 e. The highest BCUT2D eigenvalue weighted by molar-refractivity contribution is 8.00. The lowest BCUT2D eigenvalue weighted by atomic mass is 10.2. The molecule has 0 spiro atoms. The Balaban J connectivity index is 3.93. The molecule has 82 valence electrons. The van der Waals surface area contributed by atoms with Gasteiger partial charge in [-0.05, 0) is 39.0 Å². The summed E-state index contributed by atoms with van der Waals surface area (Å²) in [5.74, 6) is 2.18. The van der Waals surface area contributed by atoms with Gasteiger partial charge in [0, 0.05) is 11.5 Å².